The molecule has 3 N–H and O–H groups in total. The summed E-state index contributed by atoms with van der Waals surface area (Å²) < 4.78 is 16.7. The lowest BCUT2D eigenvalue weighted by molar-refractivity contribution is -0.139. The van der Waals surface area contributed by atoms with E-state index in [1.807, 2.05) is 24.3 Å². The summed E-state index contributed by atoms with van der Waals surface area (Å²) >= 11 is 6.38. The van der Waals surface area contributed by atoms with E-state index in [9.17, 15) is 14.4 Å². The van der Waals surface area contributed by atoms with Crippen LogP contribution < -0.4 is 25.5 Å². The highest BCUT2D eigenvalue weighted by Gasteiger charge is 2.19. The molecule has 1 fully saturated rings. The molecule has 0 unspecified atom stereocenters. The van der Waals surface area contributed by atoms with Crippen molar-refractivity contribution in [2.75, 3.05) is 31.7 Å². The molecular weight excluding hydrogens is 500 g/mol. The topological polar surface area (TPSA) is 127 Å². The number of hydrazone groups is 1. The smallest absolute Gasteiger partial charge is 0.329 e. The Labute approximate surface area is 220 Å². The van der Waals surface area contributed by atoms with Crippen molar-refractivity contribution in [3.63, 3.8) is 0 Å². The molecule has 2 aromatic rings. The van der Waals surface area contributed by atoms with Crippen LogP contribution in [0.1, 0.15) is 37.8 Å². The van der Waals surface area contributed by atoms with Crippen molar-refractivity contribution in [1.82, 2.24) is 10.7 Å². The molecule has 1 aliphatic rings. The molecule has 3 rings (SSSR count). The van der Waals surface area contributed by atoms with Gasteiger partial charge in [0.15, 0.2) is 18.1 Å². The second kappa shape index (κ2) is 14.2. The number of aryl methyl sites for hydroxylation is 1. The number of carbonyl (C=O) groups is 3. The first-order valence-electron chi connectivity index (χ1n) is 12.1. The van der Waals surface area contributed by atoms with E-state index in [0.29, 0.717) is 30.2 Å². The number of nitrogens with one attached hydrogen (secondary N) is 3. The van der Waals surface area contributed by atoms with Crippen molar-refractivity contribution in [2.45, 2.75) is 39.2 Å². The summed E-state index contributed by atoms with van der Waals surface area (Å²) in [5.74, 6) is -1.55. The summed E-state index contributed by atoms with van der Waals surface area (Å²) in [7, 11) is 0. The van der Waals surface area contributed by atoms with Crippen molar-refractivity contribution in [2.24, 2.45) is 5.10 Å². The summed E-state index contributed by atoms with van der Waals surface area (Å²) in [6.45, 7) is 4.83. The molecule has 1 aliphatic heterocycles. The molecular formula is C26H31ClN4O6. The van der Waals surface area contributed by atoms with Crippen molar-refractivity contribution in [3.8, 4) is 11.5 Å². The minimum Gasteiger partial charge on any atom is -0.490 e. The summed E-state index contributed by atoms with van der Waals surface area (Å²) in [6.07, 6.45) is 3.94. The molecule has 1 heterocycles. The molecule has 3 amide bonds. The Morgan fingerprint density at radius 1 is 1.14 bits per heavy atom. The summed E-state index contributed by atoms with van der Waals surface area (Å²) in [5, 5.41) is 9.29. The van der Waals surface area contributed by atoms with Crippen LogP contribution in [-0.2, 0) is 25.5 Å². The van der Waals surface area contributed by atoms with E-state index in [1.165, 1.54) is 17.8 Å². The predicted molar refractivity (Wildman–Crippen MR) is 140 cm³/mol. The number of rotatable bonds is 11. The first-order chi connectivity index (χ1) is 17.9. The number of halogens is 1. The fraction of sp³-hybridized carbons (Fsp3) is 0.385. The van der Waals surface area contributed by atoms with Gasteiger partial charge in [-0.3, -0.25) is 14.4 Å². The highest BCUT2D eigenvalue weighted by atomic mass is 35.5. The fourth-order valence-electron chi connectivity index (χ4n) is 3.53. The minimum atomic E-state index is -0.902. The van der Waals surface area contributed by atoms with Crippen molar-refractivity contribution < 1.29 is 28.6 Å². The van der Waals surface area contributed by atoms with E-state index in [4.69, 9.17) is 25.8 Å². The maximum Gasteiger partial charge on any atom is 0.329 e. The van der Waals surface area contributed by atoms with Crippen LogP contribution >= 0.6 is 11.6 Å². The van der Waals surface area contributed by atoms with E-state index in [1.54, 1.807) is 13.0 Å². The normalized spacial score (nSPS) is 14.8. The average molecular weight is 531 g/mol. The van der Waals surface area contributed by atoms with Gasteiger partial charge in [-0.25, -0.2) is 5.43 Å². The summed E-state index contributed by atoms with van der Waals surface area (Å²) in [4.78, 5) is 36.2. The number of anilines is 1. The molecule has 10 nitrogen and oxygen atoms in total. The minimum absolute atomic E-state index is 0.0708. The van der Waals surface area contributed by atoms with Gasteiger partial charge >= 0.3 is 11.8 Å². The number of nitrogens with zero attached hydrogens (tertiary/aromatic N) is 1. The van der Waals surface area contributed by atoms with Crippen LogP contribution in [-0.4, -0.2) is 56.4 Å². The Kier molecular flexibility index (Phi) is 10.7. The highest BCUT2D eigenvalue weighted by molar-refractivity contribution is 6.35. The molecule has 0 aromatic heterocycles. The monoisotopic (exact) mass is 530 g/mol. The Morgan fingerprint density at radius 3 is 2.59 bits per heavy atom. The first-order valence-corrected chi connectivity index (χ1v) is 12.5. The first kappa shape index (κ1) is 27.9. The molecule has 1 saturated heterocycles. The molecule has 2 aromatic carbocycles. The predicted octanol–water partition coefficient (Wildman–Crippen LogP) is 3.06. The quantitative estimate of drug-likeness (QED) is 0.233. The molecule has 37 heavy (non-hydrogen) atoms. The SMILES string of the molecule is CCOc1cc(/C=N\NC(=O)C(=O)NC[C@H]2CCCO2)cc(Cl)c1OCC(=O)Nc1ccc(CC)cc1. The van der Waals surface area contributed by atoms with E-state index < -0.39 is 11.8 Å². The van der Waals surface area contributed by atoms with E-state index in [2.05, 4.69) is 28.1 Å². The molecule has 0 saturated carbocycles. The molecule has 0 bridgehead atoms. The third-order valence-corrected chi connectivity index (χ3v) is 5.71. The Hall–Kier alpha value is -3.63. The van der Waals surface area contributed by atoms with Crippen molar-refractivity contribution in [3.05, 3.63) is 52.5 Å². The maximum atomic E-state index is 12.3. The van der Waals surface area contributed by atoms with E-state index in [-0.39, 0.29) is 35.9 Å². The Balaban J connectivity index is 1.55. The number of hydrogen-bond acceptors (Lipinski definition) is 7. The van der Waals surface area contributed by atoms with Crippen LogP contribution in [0.4, 0.5) is 5.69 Å². The summed E-state index contributed by atoms with van der Waals surface area (Å²) in [6, 6.07) is 10.7. The van der Waals surface area contributed by atoms with Crippen LogP contribution in [0.3, 0.4) is 0 Å². The molecule has 198 valence electrons. The number of benzene rings is 2. The second-order valence-electron chi connectivity index (χ2n) is 8.19. The van der Waals surface area contributed by atoms with Crippen molar-refractivity contribution >= 4 is 41.2 Å². The zero-order valence-electron chi connectivity index (χ0n) is 20.8. The number of hydrogen-bond donors (Lipinski definition) is 3. The maximum absolute atomic E-state index is 12.3. The lowest BCUT2D eigenvalue weighted by Gasteiger charge is -2.14. The van der Waals surface area contributed by atoms with Crippen LogP contribution in [0.15, 0.2) is 41.5 Å². The van der Waals surface area contributed by atoms with Crippen LogP contribution in [0.2, 0.25) is 5.02 Å². The van der Waals surface area contributed by atoms with E-state index in [0.717, 1.165) is 19.3 Å². The zero-order chi connectivity index (χ0) is 26.6. The van der Waals surface area contributed by atoms with Gasteiger partial charge < -0.3 is 24.8 Å². The lowest BCUT2D eigenvalue weighted by Crippen LogP contribution is -2.41. The van der Waals surface area contributed by atoms with Crippen LogP contribution in [0, 0.1) is 0 Å². The summed E-state index contributed by atoms with van der Waals surface area (Å²) in [5.41, 5.74) is 4.49. The van der Waals surface area contributed by atoms with Gasteiger partial charge in [0.1, 0.15) is 0 Å². The third-order valence-electron chi connectivity index (χ3n) is 5.43. The van der Waals surface area contributed by atoms with E-state index >= 15 is 0 Å². The molecule has 0 aliphatic carbocycles. The molecule has 1 atom stereocenters. The van der Waals surface area contributed by atoms with Gasteiger partial charge in [0.25, 0.3) is 5.91 Å². The molecule has 0 spiro atoms. The van der Waals surface area contributed by atoms with Gasteiger partial charge in [-0.2, -0.15) is 5.10 Å². The number of ether oxygens (including phenoxy) is 3. The zero-order valence-corrected chi connectivity index (χ0v) is 21.6. The largest absolute Gasteiger partial charge is 0.490 e. The average Bonchev–Trinajstić information content (AvgIpc) is 3.41. The van der Waals surface area contributed by atoms with Gasteiger partial charge in [0.05, 0.1) is 23.9 Å². The second-order valence-corrected chi connectivity index (χ2v) is 8.60. The lowest BCUT2D eigenvalue weighted by atomic mass is 10.1. The third kappa shape index (κ3) is 8.76. The van der Waals surface area contributed by atoms with Gasteiger partial charge in [-0.05, 0) is 61.6 Å². The van der Waals surface area contributed by atoms with Gasteiger partial charge in [-0.15, -0.1) is 0 Å². The molecule has 11 heteroatoms. The van der Waals surface area contributed by atoms with Gasteiger partial charge in [-0.1, -0.05) is 30.7 Å². The molecule has 0 radical (unpaired) electrons. The van der Waals surface area contributed by atoms with Gasteiger partial charge in [0.2, 0.25) is 0 Å². The van der Waals surface area contributed by atoms with Crippen molar-refractivity contribution in [1.29, 1.82) is 0 Å². The Morgan fingerprint density at radius 2 is 1.92 bits per heavy atom. The van der Waals surface area contributed by atoms with Crippen LogP contribution in [0.5, 0.6) is 11.5 Å². The van der Waals surface area contributed by atoms with Crippen LogP contribution in [0.25, 0.3) is 0 Å². The fourth-order valence-corrected chi connectivity index (χ4v) is 3.81. The standard InChI is InChI=1S/C26H31ClN4O6/c1-3-17-7-9-19(10-8-17)30-23(32)16-37-24-21(27)12-18(13-22(24)35-4-2)14-29-31-26(34)25(33)28-15-20-6-5-11-36-20/h7-10,12-14,20H,3-6,11,15-16H2,1-2H3,(H,28,33)(H,30,32)(H,31,34)/b29-14-/t20-/m1/s1. The number of amides is 3. The number of carbonyl (C=O) groups excluding carboxylic acids is 3. The Bertz CT molecular complexity index is 1120. The highest BCUT2D eigenvalue weighted by Crippen LogP contribution is 2.36. The van der Waals surface area contributed by atoms with Gasteiger partial charge in [0, 0.05) is 18.8 Å².